The van der Waals surface area contributed by atoms with Crippen LogP contribution >= 0.6 is 0 Å². The molecule has 0 N–H and O–H groups in total. The first-order valence-electron chi connectivity index (χ1n) is 11.9. The van der Waals surface area contributed by atoms with Gasteiger partial charge in [0.15, 0.2) is 0 Å². The van der Waals surface area contributed by atoms with Gasteiger partial charge in [0.2, 0.25) is 5.91 Å². The molecule has 3 heterocycles. The predicted octanol–water partition coefficient (Wildman–Crippen LogP) is 4.32. The van der Waals surface area contributed by atoms with Gasteiger partial charge in [-0.1, -0.05) is 42.0 Å². The van der Waals surface area contributed by atoms with Crippen LogP contribution in [0.4, 0.5) is 0 Å². The Morgan fingerprint density at radius 3 is 2.30 bits per heavy atom. The summed E-state index contributed by atoms with van der Waals surface area (Å²) >= 11 is 0. The number of hydrogen-bond acceptors (Lipinski definition) is 3. The van der Waals surface area contributed by atoms with Gasteiger partial charge in [0.25, 0.3) is 5.91 Å². The lowest BCUT2D eigenvalue weighted by Gasteiger charge is -2.33. The summed E-state index contributed by atoms with van der Waals surface area (Å²) in [6.07, 6.45) is 5.52. The Labute approximate surface area is 194 Å². The van der Waals surface area contributed by atoms with Gasteiger partial charge in [0.05, 0.1) is 11.3 Å². The SMILES string of the molecule is Cc1cccc(-c2nn(-c3ccccc3)cc2C(=O)N2CCC(C(=O)N3CCCC3)CC2)c1. The fourth-order valence-electron chi connectivity index (χ4n) is 4.94. The average Bonchev–Trinajstić information content (AvgIpc) is 3.55. The minimum atomic E-state index is -0.0132. The number of carbonyl (C=O) groups is 2. The average molecular weight is 443 g/mol. The molecule has 2 aliphatic rings. The van der Waals surface area contributed by atoms with Crippen LogP contribution in [0.25, 0.3) is 16.9 Å². The molecule has 0 bridgehead atoms. The van der Waals surface area contributed by atoms with E-state index in [0.717, 1.165) is 55.6 Å². The van der Waals surface area contributed by atoms with E-state index in [2.05, 4.69) is 6.07 Å². The number of benzene rings is 2. The van der Waals surface area contributed by atoms with Crippen molar-refractivity contribution in [1.82, 2.24) is 19.6 Å². The van der Waals surface area contributed by atoms with Crippen LogP contribution in [0, 0.1) is 12.8 Å². The monoisotopic (exact) mass is 442 g/mol. The maximum absolute atomic E-state index is 13.6. The molecule has 0 spiro atoms. The molecule has 0 saturated carbocycles. The number of aryl methyl sites for hydroxylation is 1. The first-order chi connectivity index (χ1) is 16.1. The van der Waals surface area contributed by atoms with Gasteiger partial charge in [-0.15, -0.1) is 0 Å². The normalized spacial score (nSPS) is 16.9. The van der Waals surface area contributed by atoms with Gasteiger partial charge in [-0.3, -0.25) is 9.59 Å². The van der Waals surface area contributed by atoms with Gasteiger partial charge in [-0.25, -0.2) is 4.68 Å². The largest absolute Gasteiger partial charge is 0.342 e. The number of amides is 2. The maximum Gasteiger partial charge on any atom is 0.257 e. The van der Waals surface area contributed by atoms with E-state index < -0.39 is 0 Å². The molecule has 33 heavy (non-hydrogen) atoms. The number of hydrogen-bond donors (Lipinski definition) is 0. The van der Waals surface area contributed by atoms with E-state index in [9.17, 15) is 9.59 Å². The highest BCUT2D eigenvalue weighted by atomic mass is 16.2. The summed E-state index contributed by atoms with van der Waals surface area (Å²) in [5.41, 5.74) is 4.28. The van der Waals surface area contributed by atoms with Crippen molar-refractivity contribution in [2.24, 2.45) is 5.92 Å². The Morgan fingerprint density at radius 1 is 0.879 bits per heavy atom. The highest BCUT2D eigenvalue weighted by molar-refractivity contribution is 6.00. The van der Waals surface area contributed by atoms with Crippen LogP contribution in [-0.4, -0.2) is 57.6 Å². The van der Waals surface area contributed by atoms with Crippen LogP contribution in [0.15, 0.2) is 60.8 Å². The Morgan fingerprint density at radius 2 is 1.61 bits per heavy atom. The molecule has 6 heteroatoms. The molecule has 3 aromatic rings. The lowest BCUT2D eigenvalue weighted by Crippen LogP contribution is -2.43. The highest BCUT2D eigenvalue weighted by Crippen LogP contribution is 2.28. The van der Waals surface area contributed by atoms with E-state index in [1.807, 2.05) is 71.5 Å². The lowest BCUT2D eigenvalue weighted by molar-refractivity contribution is -0.135. The summed E-state index contributed by atoms with van der Waals surface area (Å²) in [6, 6.07) is 18.0. The minimum Gasteiger partial charge on any atom is -0.342 e. The third-order valence-electron chi connectivity index (χ3n) is 6.81. The fraction of sp³-hybridized carbons (Fsp3) is 0.370. The highest BCUT2D eigenvalue weighted by Gasteiger charge is 2.32. The number of carbonyl (C=O) groups excluding carboxylic acids is 2. The second-order valence-electron chi connectivity index (χ2n) is 9.14. The van der Waals surface area contributed by atoms with Crippen molar-refractivity contribution in [2.45, 2.75) is 32.6 Å². The van der Waals surface area contributed by atoms with Crippen molar-refractivity contribution in [3.63, 3.8) is 0 Å². The van der Waals surface area contributed by atoms with Gasteiger partial charge in [0, 0.05) is 43.9 Å². The second-order valence-corrected chi connectivity index (χ2v) is 9.14. The van der Waals surface area contributed by atoms with Crippen LogP contribution in [0.2, 0.25) is 0 Å². The number of para-hydroxylation sites is 1. The summed E-state index contributed by atoms with van der Waals surface area (Å²) in [5.74, 6) is 0.299. The molecule has 2 amide bonds. The van der Waals surface area contributed by atoms with Crippen molar-refractivity contribution >= 4 is 11.8 Å². The van der Waals surface area contributed by atoms with Gasteiger partial charge < -0.3 is 9.80 Å². The van der Waals surface area contributed by atoms with Gasteiger partial charge in [-0.2, -0.15) is 5.10 Å². The number of piperidine rings is 1. The van der Waals surface area contributed by atoms with E-state index in [4.69, 9.17) is 5.10 Å². The molecule has 6 nitrogen and oxygen atoms in total. The number of aromatic nitrogens is 2. The first kappa shape index (κ1) is 21.4. The zero-order chi connectivity index (χ0) is 22.8. The third-order valence-corrected chi connectivity index (χ3v) is 6.81. The molecular formula is C27H30N4O2. The molecule has 0 unspecified atom stereocenters. The third kappa shape index (κ3) is 4.42. The molecule has 5 rings (SSSR count). The smallest absolute Gasteiger partial charge is 0.257 e. The molecule has 1 aromatic heterocycles. The zero-order valence-corrected chi connectivity index (χ0v) is 19.1. The zero-order valence-electron chi connectivity index (χ0n) is 19.1. The van der Waals surface area contributed by atoms with Crippen molar-refractivity contribution in [3.8, 4) is 16.9 Å². The summed E-state index contributed by atoms with van der Waals surface area (Å²) in [4.78, 5) is 30.3. The van der Waals surface area contributed by atoms with E-state index in [1.54, 1.807) is 4.68 Å². The first-order valence-corrected chi connectivity index (χ1v) is 11.9. The lowest BCUT2D eigenvalue weighted by atomic mass is 9.94. The number of nitrogens with zero attached hydrogens (tertiary/aromatic N) is 4. The van der Waals surface area contributed by atoms with Crippen molar-refractivity contribution < 1.29 is 9.59 Å². The molecule has 0 atom stereocenters. The van der Waals surface area contributed by atoms with Gasteiger partial charge in [-0.05, 0) is 50.8 Å². The molecular weight excluding hydrogens is 412 g/mol. The molecule has 0 aliphatic carbocycles. The molecule has 2 aromatic carbocycles. The van der Waals surface area contributed by atoms with Crippen molar-refractivity contribution in [2.75, 3.05) is 26.2 Å². The Hall–Kier alpha value is -3.41. The van der Waals surface area contributed by atoms with Crippen LogP contribution in [0.1, 0.15) is 41.6 Å². The second kappa shape index (κ2) is 9.22. The fourth-order valence-corrected chi connectivity index (χ4v) is 4.94. The van der Waals surface area contributed by atoms with E-state index in [-0.39, 0.29) is 17.7 Å². The molecule has 2 saturated heterocycles. The number of likely N-dealkylation sites (tertiary alicyclic amines) is 2. The molecule has 2 aliphatic heterocycles. The number of rotatable bonds is 4. The van der Waals surface area contributed by atoms with Crippen molar-refractivity contribution in [1.29, 1.82) is 0 Å². The minimum absolute atomic E-state index is 0.0132. The van der Waals surface area contributed by atoms with Crippen LogP contribution in [0.5, 0.6) is 0 Å². The Balaban J connectivity index is 1.39. The van der Waals surface area contributed by atoms with Crippen LogP contribution in [0.3, 0.4) is 0 Å². The quantitative estimate of drug-likeness (QED) is 0.605. The van der Waals surface area contributed by atoms with E-state index in [0.29, 0.717) is 24.3 Å². The summed E-state index contributed by atoms with van der Waals surface area (Å²) in [6.45, 7) is 5.02. The van der Waals surface area contributed by atoms with Gasteiger partial charge in [0.1, 0.15) is 5.69 Å². The molecule has 2 fully saturated rings. The van der Waals surface area contributed by atoms with Crippen molar-refractivity contribution in [3.05, 3.63) is 71.9 Å². The topological polar surface area (TPSA) is 58.4 Å². The summed E-state index contributed by atoms with van der Waals surface area (Å²) in [7, 11) is 0. The predicted molar refractivity (Wildman–Crippen MR) is 128 cm³/mol. The Bertz CT molecular complexity index is 1140. The standard InChI is InChI=1S/C27H30N4O2/c1-20-8-7-9-22(18-20)25-24(19-31(28-25)23-10-3-2-4-11-23)27(33)30-16-12-21(13-17-30)26(32)29-14-5-6-15-29/h2-4,7-11,18-19,21H,5-6,12-17H2,1H3. The Kier molecular flexibility index (Phi) is 5.99. The summed E-state index contributed by atoms with van der Waals surface area (Å²) < 4.78 is 1.79. The van der Waals surface area contributed by atoms with Crippen LogP contribution in [-0.2, 0) is 4.79 Å². The molecule has 0 radical (unpaired) electrons. The van der Waals surface area contributed by atoms with Gasteiger partial charge >= 0.3 is 0 Å². The van der Waals surface area contributed by atoms with Crippen LogP contribution < -0.4 is 0 Å². The summed E-state index contributed by atoms with van der Waals surface area (Å²) in [5, 5.41) is 4.81. The van der Waals surface area contributed by atoms with E-state index in [1.165, 1.54) is 0 Å². The molecule has 170 valence electrons. The van der Waals surface area contributed by atoms with E-state index >= 15 is 0 Å². The maximum atomic E-state index is 13.6.